The summed E-state index contributed by atoms with van der Waals surface area (Å²) >= 11 is 0. The highest BCUT2D eigenvalue weighted by molar-refractivity contribution is 5.92. The van der Waals surface area contributed by atoms with Gasteiger partial charge in [0.05, 0.1) is 0 Å². The van der Waals surface area contributed by atoms with Gasteiger partial charge in [0.25, 0.3) is 5.91 Å². The molecule has 0 radical (unpaired) electrons. The van der Waals surface area contributed by atoms with Crippen LogP contribution in [0.25, 0.3) is 0 Å². The highest BCUT2D eigenvalue weighted by Crippen LogP contribution is 2.10. The molecule has 0 aliphatic carbocycles. The monoisotopic (exact) mass is 349 g/mol. The molecule has 126 valence electrons. The second kappa shape index (κ2) is 8.72. The first-order chi connectivity index (χ1) is 9.72. The molecule has 8 heteroatoms. The number of piperidine rings is 1. The number of hydrogen-bond acceptors (Lipinski definition) is 4. The van der Waals surface area contributed by atoms with Crippen molar-refractivity contribution in [2.75, 3.05) is 33.2 Å². The predicted octanol–water partition coefficient (Wildman–Crippen LogP) is 0.696. The molecule has 1 aromatic rings. The molecule has 0 aromatic carbocycles. The molecule has 2 N–H and O–H groups in total. The molecule has 22 heavy (non-hydrogen) atoms. The molecule has 0 spiro atoms. The van der Waals surface area contributed by atoms with Gasteiger partial charge in [-0.1, -0.05) is 0 Å². The molecule has 1 atom stereocenters. The minimum absolute atomic E-state index is 0. The molecular formula is C14H25Cl2N5O. The minimum atomic E-state index is -0.0289. The lowest BCUT2D eigenvalue weighted by Gasteiger charge is -2.29. The lowest BCUT2D eigenvalue weighted by atomic mass is 10.1. The van der Waals surface area contributed by atoms with Crippen LogP contribution in [0.5, 0.6) is 0 Å². The van der Waals surface area contributed by atoms with Gasteiger partial charge in [-0.3, -0.25) is 4.79 Å². The fourth-order valence-corrected chi connectivity index (χ4v) is 3.03. The first kappa shape index (κ1) is 19.2. The fraction of sp³-hybridized carbons (Fsp3) is 0.714. The number of carbonyl (C=O) groups is 1. The van der Waals surface area contributed by atoms with E-state index >= 15 is 0 Å². The number of fused-ring (bicyclic) bond motifs is 1. The highest BCUT2D eigenvalue weighted by Gasteiger charge is 2.22. The summed E-state index contributed by atoms with van der Waals surface area (Å²) < 4.78 is 2.10. The predicted molar refractivity (Wildman–Crippen MR) is 91.3 cm³/mol. The number of likely N-dealkylation sites (N-methyl/N-ethyl adjacent to an activating group) is 1. The number of halogens is 2. The Kier molecular flexibility index (Phi) is 7.62. The maximum Gasteiger partial charge on any atom is 0.271 e. The molecule has 1 aromatic heterocycles. The summed E-state index contributed by atoms with van der Waals surface area (Å²) in [5.41, 5.74) is 0.565. The third-order valence-electron chi connectivity index (χ3n) is 4.11. The number of likely N-dealkylation sites (tertiary alicyclic amines) is 1. The van der Waals surface area contributed by atoms with Crippen molar-refractivity contribution in [1.29, 1.82) is 0 Å². The zero-order valence-corrected chi connectivity index (χ0v) is 14.5. The number of carbonyl (C=O) groups excluding carboxylic acids is 1. The van der Waals surface area contributed by atoms with Gasteiger partial charge >= 0.3 is 0 Å². The van der Waals surface area contributed by atoms with Crippen LogP contribution in [-0.2, 0) is 13.0 Å². The Morgan fingerprint density at radius 3 is 2.95 bits per heavy atom. The van der Waals surface area contributed by atoms with E-state index in [1.807, 2.05) is 6.20 Å². The van der Waals surface area contributed by atoms with Crippen molar-refractivity contribution in [2.24, 2.45) is 0 Å². The summed E-state index contributed by atoms with van der Waals surface area (Å²) in [4.78, 5) is 19.1. The van der Waals surface area contributed by atoms with E-state index in [0.29, 0.717) is 5.69 Å². The van der Waals surface area contributed by atoms with Gasteiger partial charge in [-0.2, -0.15) is 0 Å². The van der Waals surface area contributed by atoms with Crippen molar-refractivity contribution in [3.63, 3.8) is 0 Å². The van der Waals surface area contributed by atoms with Gasteiger partial charge in [0, 0.05) is 44.8 Å². The largest absolute Gasteiger partial charge is 0.347 e. The van der Waals surface area contributed by atoms with Gasteiger partial charge in [0.2, 0.25) is 0 Å². The first-order valence-electron chi connectivity index (χ1n) is 7.48. The first-order valence-corrected chi connectivity index (χ1v) is 7.48. The Morgan fingerprint density at radius 2 is 2.18 bits per heavy atom. The van der Waals surface area contributed by atoms with Gasteiger partial charge in [0.1, 0.15) is 11.5 Å². The van der Waals surface area contributed by atoms with Crippen molar-refractivity contribution in [1.82, 2.24) is 25.1 Å². The van der Waals surface area contributed by atoms with Crippen LogP contribution in [0.2, 0.25) is 0 Å². The van der Waals surface area contributed by atoms with Crippen LogP contribution in [0.4, 0.5) is 0 Å². The number of nitrogens with zero attached hydrogens (tertiary/aromatic N) is 3. The molecule has 2 aliphatic heterocycles. The van der Waals surface area contributed by atoms with E-state index < -0.39 is 0 Å². The van der Waals surface area contributed by atoms with Crippen molar-refractivity contribution >= 4 is 30.7 Å². The Bertz CT molecular complexity index is 470. The lowest BCUT2D eigenvalue weighted by molar-refractivity contribution is 0.0907. The summed E-state index contributed by atoms with van der Waals surface area (Å²) in [5, 5.41) is 6.45. The van der Waals surface area contributed by atoms with E-state index in [4.69, 9.17) is 0 Å². The molecule has 1 amide bonds. The van der Waals surface area contributed by atoms with E-state index in [2.05, 4.69) is 32.1 Å². The van der Waals surface area contributed by atoms with Crippen LogP contribution < -0.4 is 10.6 Å². The standard InChI is InChI=1S/C14H23N5O.2ClH/c1-18-7-2-3-11(9-18)16-14(20)12-10-19-8-6-15-5-4-13(19)17-12;;/h10-11,15H,2-9H2,1H3,(H,16,20);2*1H. The average Bonchev–Trinajstić information content (AvgIpc) is 2.70. The van der Waals surface area contributed by atoms with Gasteiger partial charge in [-0.15, -0.1) is 24.8 Å². The third-order valence-corrected chi connectivity index (χ3v) is 4.11. The molecule has 3 rings (SSSR count). The van der Waals surface area contributed by atoms with E-state index in [9.17, 15) is 4.79 Å². The van der Waals surface area contributed by atoms with Crippen LogP contribution >= 0.6 is 24.8 Å². The van der Waals surface area contributed by atoms with Crippen LogP contribution in [0.1, 0.15) is 29.2 Å². The van der Waals surface area contributed by atoms with E-state index in [1.54, 1.807) is 0 Å². The number of imidazole rings is 1. The topological polar surface area (TPSA) is 62.2 Å². The summed E-state index contributed by atoms with van der Waals surface area (Å²) in [5.74, 6) is 0.986. The molecule has 1 unspecified atom stereocenters. The smallest absolute Gasteiger partial charge is 0.271 e. The van der Waals surface area contributed by atoms with E-state index in [0.717, 1.165) is 57.8 Å². The quantitative estimate of drug-likeness (QED) is 0.824. The van der Waals surface area contributed by atoms with Gasteiger partial charge in [-0.05, 0) is 26.4 Å². The van der Waals surface area contributed by atoms with E-state index in [1.165, 1.54) is 0 Å². The molecule has 3 heterocycles. The fourth-order valence-electron chi connectivity index (χ4n) is 3.03. The minimum Gasteiger partial charge on any atom is -0.347 e. The maximum atomic E-state index is 12.3. The Labute approximate surface area is 143 Å². The van der Waals surface area contributed by atoms with Crippen molar-refractivity contribution in [2.45, 2.75) is 31.8 Å². The maximum absolute atomic E-state index is 12.3. The van der Waals surface area contributed by atoms with Gasteiger partial charge in [0.15, 0.2) is 0 Å². The number of aromatic nitrogens is 2. The second-order valence-corrected chi connectivity index (χ2v) is 5.81. The van der Waals surface area contributed by atoms with Gasteiger partial charge in [-0.25, -0.2) is 4.98 Å². The summed E-state index contributed by atoms with van der Waals surface area (Å²) in [7, 11) is 2.10. The SMILES string of the molecule is CN1CCCC(NC(=O)c2cn3c(n2)CCNCC3)C1.Cl.Cl. The third kappa shape index (κ3) is 4.59. The molecule has 0 bridgehead atoms. The Hall–Kier alpha value is -0.820. The number of rotatable bonds is 2. The molecule has 6 nitrogen and oxygen atoms in total. The number of amides is 1. The zero-order valence-electron chi connectivity index (χ0n) is 12.9. The van der Waals surface area contributed by atoms with Crippen LogP contribution in [0.3, 0.4) is 0 Å². The van der Waals surface area contributed by atoms with Crippen LogP contribution in [0.15, 0.2) is 6.20 Å². The molecule has 0 saturated carbocycles. The van der Waals surface area contributed by atoms with Crippen LogP contribution in [-0.4, -0.2) is 59.6 Å². The zero-order chi connectivity index (χ0) is 13.9. The number of nitrogens with one attached hydrogen (secondary N) is 2. The normalized spacial score (nSPS) is 21.8. The average molecular weight is 350 g/mol. The van der Waals surface area contributed by atoms with Crippen molar-refractivity contribution in [3.8, 4) is 0 Å². The summed E-state index contributed by atoms with van der Waals surface area (Å²) in [6.07, 6.45) is 4.99. The lowest BCUT2D eigenvalue weighted by Crippen LogP contribution is -2.46. The molecular weight excluding hydrogens is 325 g/mol. The van der Waals surface area contributed by atoms with Crippen LogP contribution in [0, 0.1) is 0 Å². The molecule has 2 aliphatic rings. The van der Waals surface area contributed by atoms with Gasteiger partial charge < -0.3 is 20.1 Å². The Balaban J connectivity index is 0.00000121. The molecule has 1 fully saturated rings. The second-order valence-electron chi connectivity index (χ2n) is 5.81. The van der Waals surface area contributed by atoms with E-state index in [-0.39, 0.29) is 36.8 Å². The van der Waals surface area contributed by atoms with Crippen molar-refractivity contribution in [3.05, 3.63) is 17.7 Å². The Morgan fingerprint density at radius 1 is 1.36 bits per heavy atom. The highest BCUT2D eigenvalue weighted by atomic mass is 35.5. The molecule has 1 saturated heterocycles. The number of hydrogen-bond donors (Lipinski definition) is 2. The summed E-state index contributed by atoms with van der Waals surface area (Å²) in [6, 6.07) is 0.254. The van der Waals surface area contributed by atoms with Crippen molar-refractivity contribution < 1.29 is 4.79 Å². The summed E-state index contributed by atoms with van der Waals surface area (Å²) in [6.45, 7) is 4.83.